The number of aromatic amines is 1. The second kappa shape index (κ2) is 3.70. The van der Waals surface area contributed by atoms with E-state index in [4.69, 9.17) is 4.74 Å². The first-order valence-corrected chi connectivity index (χ1v) is 5.90. The van der Waals surface area contributed by atoms with Crippen molar-refractivity contribution in [2.75, 3.05) is 6.61 Å². The van der Waals surface area contributed by atoms with Crippen LogP contribution in [0.4, 0.5) is 0 Å². The third kappa shape index (κ3) is 1.50. The Morgan fingerprint density at radius 1 is 1.29 bits per heavy atom. The lowest BCUT2D eigenvalue weighted by atomic mass is 10.0. The predicted octanol–water partition coefficient (Wildman–Crippen LogP) is 2.22. The molecule has 0 amide bonds. The maximum atomic E-state index is 12.3. The highest BCUT2D eigenvalue weighted by Gasteiger charge is 2.16. The molecule has 0 unspecified atom stereocenters. The molecule has 0 bridgehead atoms. The Morgan fingerprint density at radius 3 is 2.94 bits per heavy atom. The van der Waals surface area contributed by atoms with Gasteiger partial charge in [0, 0.05) is 23.1 Å². The summed E-state index contributed by atoms with van der Waals surface area (Å²) in [5, 5.41) is 0.775. The molecule has 0 spiro atoms. The Balaban J connectivity index is 2.44. The van der Waals surface area contributed by atoms with E-state index in [1.54, 1.807) is 0 Å². The number of aryl methyl sites for hydroxylation is 2. The molecule has 1 aromatic heterocycles. The molecule has 0 saturated heterocycles. The van der Waals surface area contributed by atoms with Crippen molar-refractivity contribution in [2.45, 2.75) is 26.9 Å². The molecule has 1 aromatic carbocycles. The van der Waals surface area contributed by atoms with Crippen LogP contribution in [0.25, 0.3) is 10.9 Å². The van der Waals surface area contributed by atoms with Gasteiger partial charge in [0.25, 0.3) is 0 Å². The van der Waals surface area contributed by atoms with Crippen LogP contribution in [0.1, 0.15) is 22.4 Å². The first-order valence-electron chi connectivity index (χ1n) is 5.90. The van der Waals surface area contributed by atoms with Crippen molar-refractivity contribution in [1.82, 2.24) is 4.98 Å². The summed E-state index contributed by atoms with van der Waals surface area (Å²) < 4.78 is 5.36. The van der Waals surface area contributed by atoms with Crippen LogP contribution in [0.3, 0.4) is 0 Å². The first kappa shape index (κ1) is 10.5. The van der Waals surface area contributed by atoms with Gasteiger partial charge >= 0.3 is 0 Å². The van der Waals surface area contributed by atoms with Gasteiger partial charge in [0.15, 0.2) is 5.43 Å². The maximum Gasteiger partial charge on any atom is 0.195 e. The zero-order valence-corrected chi connectivity index (χ0v) is 10.1. The summed E-state index contributed by atoms with van der Waals surface area (Å²) >= 11 is 0. The predicted molar refractivity (Wildman–Crippen MR) is 67.4 cm³/mol. The molecule has 17 heavy (non-hydrogen) atoms. The lowest BCUT2D eigenvalue weighted by Crippen LogP contribution is -2.22. The van der Waals surface area contributed by atoms with Crippen molar-refractivity contribution in [2.24, 2.45) is 0 Å². The van der Waals surface area contributed by atoms with E-state index in [2.05, 4.69) is 18.8 Å². The highest BCUT2D eigenvalue weighted by molar-refractivity contribution is 5.83. The molecule has 2 heterocycles. The minimum Gasteiger partial charge on any atom is -0.376 e. The van der Waals surface area contributed by atoms with Crippen molar-refractivity contribution in [3.63, 3.8) is 0 Å². The summed E-state index contributed by atoms with van der Waals surface area (Å²) in [5.41, 5.74) is 5.32. The average Bonchev–Trinajstić information content (AvgIpc) is 2.35. The van der Waals surface area contributed by atoms with Crippen LogP contribution in [0, 0.1) is 13.8 Å². The van der Waals surface area contributed by atoms with Crippen molar-refractivity contribution < 1.29 is 4.74 Å². The van der Waals surface area contributed by atoms with Crippen molar-refractivity contribution >= 4 is 10.9 Å². The van der Waals surface area contributed by atoms with Crippen LogP contribution in [0.15, 0.2) is 16.9 Å². The Kier molecular flexibility index (Phi) is 2.30. The smallest absolute Gasteiger partial charge is 0.195 e. The van der Waals surface area contributed by atoms with Crippen LogP contribution in [0.2, 0.25) is 0 Å². The Hall–Kier alpha value is -1.61. The van der Waals surface area contributed by atoms with Crippen molar-refractivity contribution in [1.29, 1.82) is 0 Å². The zero-order chi connectivity index (χ0) is 12.0. The Labute approximate surface area is 99.4 Å². The maximum absolute atomic E-state index is 12.3. The number of aromatic nitrogens is 1. The van der Waals surface area contributed by atoms with Gasteiger partial charge in [-0.3, -0.25) is 4.79 Å². The van der Waals surface area contributed by atoms with Crippen LogP contribution in [-0.2, 0) is 17.8 Å². The van der Waals surface area contributed by atoms with Gasteiger partial charge in [-0.05, 0) is 31.0 Å². The fourth-order valence-electron chi connectivity index (χ4n) is 2.41. The topological polar surface area (TPSA) is 42.1 Å². The largest absolute Gasteiger partial charge is 0.376 e. The molecule has 0 saturated carbocycles. The molecule has 0 atom stereocenters. The Morgan fingerprint density at radius 2 is 2.12 bits per heavy atom. The van der Waals surface area contributed by atoms with Gasteiger partial charge in [-0.2, -0.15) is 0 Å². The molecule has 3 heteroatoms. The quantitative estimate of drug-likeness (QED) is 0.752. The number of ether oxygens (including phenoxy) is 1. The van der Waals surface area contributed by atoms with Gasteiger partial charge in [0.2, 0.25) is 0 Å². The Bertz CT molecular complexity index is 655. The molecule has 3 nitrogen and oxygen atoms in total. The summed E-state index contributed by atoms with van der Waals surface area (Å²) in [4.78, 5) is 15.8. The second-order valence-corrected chi connectivity index (χ2v) is 4.64. The van der Waals surface area contributed by atoms with E-state index in [-0.39, 0.29) is 5.43 Å². The monoisotopic (exact) mass is 229 g/mol. The van der Waals surface area contributed by atoms with E-state index >= 15 is 0 Å². The summed E-state index contributed by atoms with van der Waals surface area (Å²) in [5.74, 6) is 0. The van der Waals surface area contributed by atoms with Crippen LogP contribution >= 0.6 is 0 Å². The van der Waals surface area contributed by atoms with E-state index < -0.39 is 0 Å². The molecule has 1 aliphatic heterocycles. The van der Waals surface area contributed by atoms with Crippen LogP contribution < -0.4 is 5.43 Å². The lowest BCUT2D eigenvalue weighted by molar-refractivity contribution is 0.109. The van der Waals surface area contributed by atoms with Crippen LogP contribution in [0.5, 0.6) is 0 Å². The third-order valence-electron chi connectivity index (χ3n) is 3.64. The highest BCUT2D eigenvalue weighted by atomic mass is 16.5. The van der Waals surface area contributed by atoms with E-state index in [9.17, 15) is 4.79 Å². The first-order chi connectivity index (χ1) is 8.18. The average molecular weight is 229 g/mol. The zero-order valence-electron chi connectivity index (χ0n) is 10.1. The molecule has 2 aromatic rings. The lowest BCUT2D eigenvalue weighted by Gasteiger charge is -2.17. The summed E-state index contributed by atoms with van der Waals surface area (Å²) in [6.45, 7) is 5.25. The highest BCUT2D eigenvalue weighted by Crippen LogP contribution is 2.21. The fraction of sp³-hybridized carbons (Fsp3) is 0.357. The number of fused-ring (bicyclic) bond motifs is 2. The van der Waals surface area contributed by atoms with Gasteiger partial charge in [0.05, 0.1) is 18.7 Å². The van der Waals surface area contributed by atoms with Gasteiger partial charge < -0.3 is 9.72 Å². The van der Waals surface area contributed by atoms with Gasteiger partial charge in [-0.15, -0.1) is 0 Å². The normalized spacial score (nSPS) is 14.9. The number of hydrogen-bond acceptors (Lipinski definition) is 2. The SMILES string of the molecule is Cc1ccc2c(=O)c3c([nH]c2c1C)CCOC3. The third-order valence-corrected chi connectivity index (χ3v) is 3.64. The molecule has 1 N–H and O–H groups in total. The van der Waals surface area contributed by atoms with E-state index in [1.165, 1.54) is 5.56 Å². The van der Waals surface area contributed by atoms with Crippen molar-refractivity contribution in [3.8, 4) is 0 Å². The second-order valence-electron chi connectivity index (χ2n) is 4.64. The molecule has 3 rings (SSSR count). The molecule has 0 fully saturated rings. The molecule has 0 radical (unpaired) electrons. The van der Waals surface area contributed by atoms with E-state index in [0.29, 0.717) is 13.2 Å². The number of nitrogens with one attached hydrogen (secondary N) is 1. The summed E-state index contributed by atoms with van der Waals surface area (Å²) in [6, 6.07) is 3.91. The number of benzene rings is 1. The van der Waals surface area contributed by atoms with Gasteiger partial charge in [-0.1, -0.05) is 6.07 Å². The number of pyridine rings is 1. The van der Waals surface area contributed by atoms with Crippen LogP contribution in [-0.4, -0.2) is 11.6 Å². The minimum absolute atomic E-state index is 0.122. The van der Waals surface area contributed by atoms with Crippen molar-refractivity contribution in [3.05, 3.63) is 44.7 Å². The molecular weight excluding hydrogens is 214 g/mol. The van der Waals surface area contributed by atoms with Gasteiger partial charge in [-0.25, -0.2) is 0 Å². The van der Waals surface area contributed by atoms with E-state index in [1.807, 2.05) is 12.1 Å². The summed E-state index contributed by atoms with van der Waals surface area (Å²) in [7, 11) is 0. The molecule has 0 aliphatic carbocycles. The number of H-pyrrole nitrogens is 1. The molecule has 88 valence electrons. The standard InChI is InChI=1S/C14H15NO2/c1-8-3-4-10-13(9(8)2)15-12-5-6-17-7-11(12)14(10)16/h3-4H,5-7H2,1-2H3,(H,15,16). The fourth-order valence-corrected chi connectivity index (χ4v) is 2.41. The summed E-state index contributed by atoms with van der Waals surface area (Å²) in [6.07, 6.45) is 0.799. The number of rotatable bonds is 0. The number of hydrogen-bond donors (Lipinski definition) is 1. The molecule has 1 aliphatic rings. The minimum atomic E-state index is 0.122. The van der Waals surface area contributed by atoms with E-state index in [0.717, 1.165) is 34.1 Å². The molecular formula is C14H15NO2. The van der Waals surface area contributed by atoms with Gasteiger partial charge in [0.1, 0.15) is 0 Å².